The average molecular weight is 247 g/mol. The maximum Gasteiger partial charge on any atom is 0.294 e. The summed E-state index contributed by atoms with van der Waals surface area (Å²) in [5.74, 6) is 0. The molecule has 0 spiro atoms. The zero-order valence-electron chi connectivity index (χ0n) is 9.07. The van der Waals surface area contributed by atoms with E-state index >= 15 is 0 Å². The van der Waals surface area contributed by atoms with Gasteiger partial charge in [0.25, 0.3) is 6.72 Å². The van der Waals surface area contributed by atoms with Gasteiger partial charge in [0.2, 0.25) is 0 Å². The molecule has 0 aromatic heterocycles. The zero-order valence-corrected chi connectivity index (χ0v) is 10.7. The number of hydrogen-bond acceptors (Lipinski definition) is 2. The molecule has 1 rings (SSSR count). The van der Waals surface area contributed by atoms with Gasteiger partial charge in [-0.15, -0.1) is 0 Å². The zero-order chi connectivity index (χ0) is 11.3. The molecule has 0 aliphatic carbocycles. The quantitative estimate of drug-likeness (QED) is 0.727. The van der Waals surface area contributed by atoms with Crippen LogP contribution in [0.4, 0.5) is 0 Å². The Hall–Kier alpha value is -0.300. The summed E-state index contributed by atoms with van der Waals surface area (Å²) < 4.78 is 16.7. The Morgan fingerprint density at radius 3 is 2.20 bits per heavy atom. The van der Waals surface area contributed by atoms with Gasteiger partial charge >= 0.3 is 0 Å². The van der Waals surface area contributed by atoms with E-state index < -0.39 is 6.72 Å². The molecule has 15 heavy (non-hydrogen) atoms. The van der Waals surface area contributed by atoms with Crippen LogP contribution in [0.15, 0.2) is 24.3 Å². The Morgan fingerprint density at radius 2 is 1.73 bits per heavy atom. The molecule has 0 radical (unpaired) electrons. The van der Waals surface area contributed by atoms with E-state index in [0.717, 1.165) is 12.0 Å². The molecule has 1 aromatic carbocycles. The Bertz CT molecular complexity index is 348. The van der Waals surface area contributed by atoms with Crippen molar-refractivity contribution >= 4 is 18.0 Å². The van der Waals surface area contributed by atoms with Crippen molar-refractivity contribution in [1.82, 2.24) is 0 Å². The van der Waals surface area contributed by atoms with Gasteiger partial charge in [-0.2, -0.15) is 0 Å². The highest BCUT2D eigenvalue weighted by Gasteiger charge is 2.18. The van der Waals surface area contributed by atoms with E-state index in [1.165, 1.54) is 5.56 Å². The third kappa shape index (κ3) is 4.38. The van der Waals surface area contributed by atoms with Crippen molar-refractivity contribution in [3.63, 3.8) is 0 Å². The van der Waals surface area contributed by atoms with Crippen molar-refractivity contribution in [3.8, 4) is 0 Å². The van der Waals surface area contributed by atoms with Crippen molar-refractivity contribution in [1.29, 1.82) is 0 Å². The minimum atomic E-state index is -2.97. The molecule has 2 nitrogen and oxygen atoms in total. The fraction of sp³-hybridized carbons (Fsp3) is 0.455. The second-order valence-corrected chi connectivity index (χ2v) is 6.64. The van der Waals surface area contributed by atoms with Gasteiger partial charge in [-0.1, -0.05) is 31.2 Å². The molecule has 0 heterocycles. The number of aryl methyl sites for hydroxylation is 1. The highest BCUT2D eigenvalue weighted by atomic mass is 35.7. The molecular weight excluding hydrogens is 231 g/mol. The first-order valence-corrected chi connectivity index (χ1v) is 7.80. The summed E-state index contributed by atoms with van der Waals surface area (Å²) in [6.45, 7) is 1.30. The van der Waals surface area contributed by atoms with Crippen molar-refractivity contribution in [2.45, 2.75) is 26.4 Å². The van der Waals surface area contributed by atoms with Crippen molar-refractivity contribution in [2.75, 3.05) is 6.61 Å². The topological polar surface area (TPSA) is 26.3 Å². The number of hydrogen-bond donors (Lipinski definition) is 0. The van der Waals surface area contributed by atoms with Gasteiger partial charge in [0, 0.05) is 0 Å². The lowest BCUT2D eigenvalue weighted by Gasteiger charge is -2.10. The largest absolute Gasteiger partial charge is 0.318 e. The fourth-order valence-electron chi connectivity index (χ4n) is 1.34. The summed E-state index contributed by atoms with van der Waals surface area (Å²) in [6, 6.07) is 7.95. The summed E-state index contributed by atoms with van der Waals surface area (Å²) in [5, 5.41) is 0. The summed E-state index contributed by atoms with van der Waals surface area (Å²) in [5.41, 5.74) is 2.22. The summed E-state index contributed by atoms with van der Waals surface area (Å²) >= 11 is 5.78. The molecule has 0 bridgehead atoms. The van der Waals surface area contributed by atoms with Crippen LogP contribution >= 0.6 is 18.0 Å². The molecule has 0 saturated heterocycles. The molecule has 0 N–H and O–H groups in total. The van der Waals surface area contributed by atoms with Gasteiger partial charge in [-0.3, -0.25) is 4.57 Å². The first-order chi connectivity index (χ1) is 7.07. The summed E-state index contributed by atoms with van der Waals surface area (Å²) in [6.07, 6.45) is 1.30. The monoisotopic (exact) mass is 246 g/mol. The molecule has 1 unspecified atom stereocenters. The maximum atomic E-state index is 11.7. The Kier molecular flexibility index (Phi) is 4.85. The molecule has 0 fully saturated rings. The van der Waals surface area contributed by atoms with Crippen LogP contribution in [0.5, 0.6) is 0 Å². The van der Waals surface area contributed by atoms with Crippen LogP contribution in [0, 0.1) is 0 Å². The minimum absolute atomic E-state index is 0.298. The SMILES string of the molecule is CCOP(=O)(Cl)Cc1ccc(CC)cc1. The molecule has 84 valence electrons. The Balaban J connectivity index is 2.68. The third-order valence-corrected chi connectivity index (χ3v) is 4.16. The van der Waals surface area contributed by atoms with E-state index in [1.807, 2.05) is 24.3 Å². The van der Waals surface area contributed by atoms with Gasteiger partial charge in [0.05, 0.1) is 12.8 Å². The minimum Gasteiger partial charge on any atom is -0.318 e. The lowest BCUT2D eigenvalue weighted by atomic mass is 10.1. The van der Waals surface area contributed by atoms with E-state index in [0.29, 0.717) is 12.8 Å². The normalized spacial score (nSPS) is 14.9. The summed E-state index contributed by atoms with van der Waals surface area (Å²) in [4.78, 5) is 0. The van der Waals surface area contributed by atoms with Crippen LogP contribution in [0.2, 0.25) is 0 Å². The number of rotatable bonds is 5. The van der Waals surface area contributed by atoms with E-state index in [4.69, 9.17) is 15.8 Å². The summed E-state index contributed by atoms with van der Waals surface area (Å²) in [7, 11) is 0. The predicted molar refractivity (Wildman–Crippen MR) is 64.6 cm³/mol. The first-order valence-electron chi connectivity index (χ1n) is 5.08. The Labute approximate surface area is 95.8 Å². The molecule has 0 aliphatic heterocycles. The average Bonchev–Trinajstić information content (AvgIpc) is 2.18. The predicted octanol–water partition coefficient (Wildman–Crippen LogP) is 4.22. The van der Waals surface area contributed by atoms with Crippen LogP contribution in [0.1, 0.15) is 25.0 Å². The molecule has 0 saturated carbocycles. The van der Waals surface area contributed by atoms with E-state index in [2.05, 4.69) is 6.92 Å². The third-order valence-electron chi connectivity index (χ3n) is 2.12. The maximum absolute atomic E-state index is 11.7. The lowest BCUT2D eigenvalue weighted by molar-refractivity contribution is 0.344. The van der Waals surface area contributed by atoms with Crippen LogP contribution in [0.3, 0.4) is 0 Å². The molecule has 1 atom stereocenters. The van der Waals surface area contributed by atoms with Crippen LogP contribution in [-0.4, -0.2) is 6.61 Å². The molecule has 4 heteroatoms. The van der Waals surface area contributed by atoms with Crippen LogP contribution in [-0.2, 0) is 21.7 Å². The highest BCUT2D eigenvalue weighted by molar-refractivity contribution is 7.84. The number of halogens is 1. The lowest BCUT2D eigenvalue weighted by Crippen LogP contribution is -1.89. The molecule has 0 amide bonds. The van der Waals surface area contributed by atoms with Crippen molar-refractivity contribution in [2.24, 2.45) is 0 Å². The van der Waals surface area contributed by atoms with E-state index in [1.54, 1.807) is 6.92 Å². The van der Waals surface area contributed by atoms with Gasteiger partial charge in [0.15, 0.2) is 0 Å². The second-order valence-electron chi connectivity index (χ2n) is 3.34. The first kappa shape index (κ1) is 12.8. The van der Waals surface area contributed by atoms with Gasteiger partial charge in [-0.25, -0.2) is 0 Å². The van der Waals surface area contributed by atoms with Gasteiger partial charge in [-0.05, 0) is 35.7 Å². The van der Waals surface area contributed by atoms with Gasteiger partial charge in [0.1, 0.15) is 0 Å². The van der Waals surface area contributed by atoms with E-state index in [-0.39, 0.29) is 0 Å². The molecule has 1 aromatic rings. The fourth-order valence-corrected chi connectivity index (χ4v) is 3.17. The molecule has 0 aliphatic rings. The highest BCUT2D eigenvalue weighted by Crippen LogP contribution is 2.55. The second kappa shape index (κ2) is 5.69. The van der Waals surface area contributed by atoms with E-state index in [9.17, 15) is 4.57 Å². The van der Waals surface area contributed by atoms with Crippen molar-refractivity contribution in [3.05, 3.63) is 35.4 Å². The van der Waals surface area contributed by atoms with Crippen molar-refractivity contribution < 1.29 is 9.09 Å². The Morgan fingerprint density at radius 1 is 1.20 bits per heavy atom. The van der Waals surface area contributed by atoms with Crippen LogP contribution < -0.4 is 0 Å². The number of benzene rings is 1. The van der Waals surface area contributed by atoms with Gasteiger partial charge < -0.3 is 4.52 Å². The standard InChI is InChI=1S/C11H16ClO2P/c1-3-10-5-7-11(8-6-10)9-15(12,13)14-4-2/h5-8H,3-4,9H2,1-2H3. The smallest absolute Gasteiger partial charge is 0.294 e. The van der Waals surface area contributed by atoms with Crippen LogP contribution in [0.25, 0.3) is 0 Å². The molecular formula is C11H16ClO2P.